The molecule has 0 amide bonds. The lowest BCUT2D eigenvalue weighted by Gasteiger charge is -2.22. The first-order valence-electron chi connectivity index (χ1n) is 5.84. The minimum Gasteiger partial charge on any atom is -0.389 e. The van der Waals surface area contributed by atoms with Gasteiger partial charge in [0.2, 0.25) is 0 Å². The van der Waals surface area contributed by atoms with Crippen molar-refractivity contribution in [2.75, 3.05) is 25.1 Å². The maximum atomic E-state index is 5.75. The van der Waals surface area contributed by atoms with Crippen LogP contribution >= 0.6 is 28.1 Å². The van der Waals surface area contributed by atoms with Gasteiger partial charge in [-0.05, 0) is 32.0 Å². The molecule has 0 atom stereocenters. The monoisotopic (exact) mass is 330 g/mol. The lowest BCUT2D eigenvalue weighted by atomic mass is 10.1. The number of hydrogen-bond donors (Lipinski definition) is 1. The maximum absolute atomic E-state index is 5.75. The summed E-state index contributed by atoms with van der Waals surface area (Å²) in [7, 11) is 2.01. The molecule has 1 aromatic rings. The number of rotatable bonds is 6. The fourth-order valence-corrected chi connectivity index (χ4v) is 2.11. The van der Waals surface area contributed by atoms with Crippen LogP contribution in [0.1, 0.15) is 19.4 Å². The molecule has 0 fully saturated rings. The van der Waals surface area contributed by atoms with E-state index in [1.165, 1.54) is 0 Å². The number of benzene rings is 1. The summed E-state index contributed by atoms with van der Waals surface area (Å²) in [5.41, 5.74) is 7.66. The van der Waals surface area contributed by atoms with Crippen molar-refractivity contribution in [1.82, 2.24) is 0 Å². The summed E-state index contributed by atoms with van der Waals surface area (Å²) in [5, 5.41) is 0. The van der Waals surface area contributed by atoms with Crippen LogP contribution in [0.3, 0.4) is 0 Å². The van der Waals surface area contributed by atoms with Gasteiger partial charge in [0, 0.05) is 29.3 Å². The Morgan fingerprint density at radius 2 is 2.17 bits per heavy atom. The Morgan fingerprint density at radius 3 is 2.72 bits per heavy atom. The molecule has 1 rings (SSSR count). The van der Waals surface area contributed by atoms with Gasteiger partial charge in [0.15, 0.2) is 0 Å². The lowest BCUT2D eigenvalue weighted by Crippen LogP contribution is -2.26. The molecule has 0 unspecified atom stereocenters. The van der Waals surface area contributed by atoms with Gasteiger partial charge in [-0.25, -0.2) is 0 Å². The Balaban J connectivity index is 2.78. The highest BCUT2D eigenvalue weighted by Crippen LogP contribution is 2.23. The molecule has 0 bridgehead atoms. The van der Waals surface area contributed by atoms with E-state index < -0.39 is 0 Å². The molecule has 0 heterocycles. The van der Waals surface area contributed by atoms with E-state index in [2.05, 4.69) is 20.8 Å². The van der Waals surface area contributed by atoms with E-state index in [0.717, 1.165) is 22.3 Å². The third kappa shape index (κ3) is 4.55. The first-order chi connectivity index (χ1) is 8.41. The fourth-order valence-electron chi connectivity index (χ4n) is 1.58. The van der Waals surface area contributed by atoms with Crippen molar-refractivity contribution < 1.29 is 4.74 Å². The number of thiocarbonyl (C=S) groups is 1. The lowest BCUT2D eigenvalue weighted by molar-refractivity contribution is 0.0846. The predicted molar refractivity (Wildman–Crippen MR) is 84.4 cm³/mol. The summed E-state index contributed by atoms with van der Waals surface area (Å²) in [4.78, 5) is 2.51. The zero-order valence-corrected chi connectivity index (χ0v) is 13.3. The third-order valence-electron chi connectivity index (χ3n) is 2.51. The van der Waals surface area contributed by atoms with Crippen LogP contribution in [0.5, 0.6) is 0 Å². The predicted octanol–water partition coefficient (Wildman–Crippen LogP) is 2.94. The molecule has 0 saturated heterocycles. The van der Waals surface area contributed by atoms with Gasteiger partial charge in [-0.3, -0.25) is 0 Å². The molecule has 0 saturated carbocycles. The van der Waals surface area contributed by atoms with E-state index in [-0.39, 0.29) is 6.10 Å². The second-order valence-electron chi connectivity index (χ2n) is 4.37. The molecule has 100 valence electrons. The molecule has 0 aliphatic carbocycles. The summed E-state index contributed by atoms with van der Waals surface area (Å²) in [6, 6.07) is 5.93. The van der Waals surface area contributed by atoms with Crippen LogP contribution < -0.4 is 10.6 Å². The first kappa shape index (κ1) is 15.4. The highest BCUT2D eigenvalue weighted by molar-refractivity contribution is 9.10. The first-order valence-corrected chi connectivity index (χ1v) is 7.04. The van der Waals surface area contributed by atoms with Crippen molar-refractivity contribution in [3.63, 3.8) is 0 Å². The van der Waals surface area contributed by atoms with Crippen molar-refractivity contribution in [3.8, 4) is 0 Å². The van der Waals surface area contributed by atoms with Crippen LogP contribution in [0.4, 0.5) is 5.69 Å². The molecule has 0 aromatic heterocycles. The summed E-state index contributed by atoms with van der Waals surface area (Å²) in [6.07, 6.45) is 0.248. The average Bonchev–Trinajstić information content (AvgIpc) is 2.28. The molecule has 0 aliphatic rings. The van der Waals surface area contributed by atoms with Crippen molar-refractivity contribution >= 4 is 38.8 Å². The zero-order valence-electron chi connectivity index (χ0n) is 10.9. The average molecular weight is 331 g/mol. The number of anilines is 1. The Hall–Kier alpha value is -0.650. The second-order valence-corrected chi connectivity index (χ2v) is 5.72. The molecular formula is C13H19BrN2OS. The van der Waals surface area contributed by atoms with Crippen molar-refractivity contribution in [1.29, 1.82) is 0 Å². The van der Waals surface area contributed by atoms with Gasteiger partial charge in [-0.1, -0.05) is 28.1 Å². The fraction of sp³-hybridized carbons (Fsp3) is 0.462. The van der Waals surface area contributed by atoms with Gasteiger partial charge in [0.05, 0.1) is 12.7 Å². The largest absolute Gasteiger partial charge is 0.389 e. The van der Waals surface area contributed by atoms with Crippen LogP contribution in [-0.4, -0.2) is 31.3 Å². The smallest absolute Gasteiger partial charge is 0.106 e. The van der Waals surface area contributed by atoms with Crippen molar-refractivity contribution in [2.45, 2.75) is 20.0 Å². The molecule has 2 N–H and O–H groups in total. The molecular weight excluding hydrogens is 312 g/mol. The van der Waals surface area contributed by atoms with Gasteiger partial charge in [-0.15, -0.1) is 0 Å². The number of likely N-dealkylation sites (N-methyl/N-ethyl adjacent to an activating group) is 1. The zero-order chi connectivity index (χ0) is 13.7. The number of nitrogens with two attached hydrogens (primary N) is 1. The van der Waals surface area contributed by atoms with Crippen LogP contribution in [0.25, 0.3) is 0 Å². The van der Waals surface area contributed by atoms with Gasteiger partial charge in [-0.2, -0.15) is 0 Å². The standard InChI is InChI=1S/C13H19BrN2OS/c1-9(2)17-7-6-16(3)12-5-4-10(14)8-11(12)13(15)18/h4-5,8-9H,6-7H2,1-3H3,(H2,15,18). The van der Waals surface area contributed by atoms with Crippen molar-refractivity contribution in [3.05, 3.63) is 28.2 Å². The van der Waals surface area contributed by atoms with Crippen LogP contribution in [0.15, 0.2) is 22.7 Å². The van der Waals surface area contributed by atoms with Crippen LogP contribution in [-0.2, 0) is 4.74 Å². The molecule has 5 heteroatoms. The highest BCUT2D eigenvalue weighted by Gasteiger charge is 2.10. The third-order valence-corrected chi connectivity index (χ3v) is 3.23. The Kier molecular flexibility index (Phi) is 6.05. The number of ether oxygens (including phenoxy) is 1. The summed E-state index contributed by atoms with van der Waals surface area (Å²) in [6.45, 7) is 5.54. The quantitative estimate of drug-likeness (QED) is 0.814. The molecule has 1 aromatic carbocycles. The van der Waals surface area contributed by atoms with Gasteiger partial charge in [0.1, 0.15) is 4.99 Å². The van der Waals surface area contributed by atoms with E-state index in [4.69, 9.17) is 22.7 Å². The maximum Gasteiger partial charge on any atom is 0.106 e. The minimum atomic E-state index is 0.248. The normalized spacial score (nSPS) is 10.7. The Labute approximate surface area is 122 Å². The number of hydrogen-bond acceptors (Lipinski definition) is 3. The van der Waals surface area contributed by atoms with E-state index in [9.17, 15) is 0 Å². The second kappa shape index (κ2) is 7.07. The van der Waals surface area contributed by atoms with Crippen LogP contribution in [0, 0.1) is 0 Å². The molecule has 18 heavy (non-hydrogen) atoms. The number of halogens is 1. The number of nitrogens with zero attached hydrogens (tertiary/aromatic N) is 1. The molecule has 0 radical (unpaired) electrons. The van der Waals surface area contributed by atoms with E-state index >= 15 is 0 Å². The van der Waals surface area contributed by atoms with Gasteiger partial charge < -0.3 is 15.4 Å². The summed E-state index contributed by atoms with van der Waals surface area (Å²) in [5.74, 6) is 0. The topological polar surface area (TPSA) is 38.5 Å². The van der Waals surface area contributed by atoms with E-state index in [1.54, 1.807) is 0 Å². The van der Waals surface area contributed by atoms with Gasteiger partial charge in [0.25, 0.3) is 0 Å². The molecule has 3 nitrogen and oxygen atoms in total. The Morgan fingerprint density at radius 1 is 1.50 bits per heavy atom. The SMILES string of the molecule is CC(C)OCCN(C)c1ccc(Br)cc1C(N)=S. The Bertz CT molecular complexity index is 423. The summed E-state index contributed by atoms with van der Waals surface area (Å²) < 4.78 is 6.52. The van der Waals surface area contributed by atoms with Gasteiger partial charge >= 0.3 is 0 Å². The van der Waals surface area contributed by atoms with Crippen molar-refractivity contribution in [2.24, 2.45) is 5.73 Å². The molecule has 0 aliphatic heterocycles. The van der Waals surface area contributed by atoms with E-state index in [0.29, 0.717) is 11.6 Å². The highest BCUT2D eigenvalue weighted by atomic mass is 79.9. The molecule has 0 spiro atoms. The van der Waals surface area contributed by atoms with E-state index in [1.807, 2.05) is 39.1 Å². The van der Waals surface area contributed by atoms with Crippen LogP contribution in [0.2, 0.25) is 0 Å². The summed E-state index contributed by atoms with van der Waals surface area (Å²) >= 11 is 8.51. The minimum absolute atomic E-state index is 0.248.